The highest BCUT2D eigenvalue weighted by molar-refractivity contribution is 6.04. The maximum atomic E-state index is 12.4. The van der Waals surface area contributed by atoms with Crippen LogP contribution < -0.4 is 10.1 Å². The Bertz CT molecular complexity index is 954. The van der Waals surface area contributed by atoms with Crippen LogP contribution >= 0.6 is 0 Å². The summed E-state index contributed by atoms with van der Waals surface area (Å²) in [4.78, 5) is 26.9. The summed E-state index contributed by atoms with van der Waals surface area (Å²) in [6, 6.07) is 11.4. The number of imidazole rings is 1. The average molecular weight is 366 g/mol. The third kappa shape index (κ3) is 4.69. The van der Waals surface area contributed by atoms with E-state index in [1.807, 2.05) is 10.8 Å². The Morgan fingerprint density at radius 2 is 2.15 bits per heavy atom. The highest BCUT2D eigenvalue weighted by atomic mass is 16.6. The van der Waals surface area contributed by atoms with E-state index >= 15 is 0 Å². The number of amides is 1. The number of anilines is 1. The number of aromatic nitrogens is 2. The van der Waals surface area contributed by atoms with E-state index in [4.69, 9.17) is 4.74 Å². The Morgan fingerprint density at radius 1 is 1.30 bits per heavy atom. The number of rotatable bonds is 7. The average Bonchev–Trinajstić information content (AvgIpc) is 3.15. The molecule has 2 aromatic carbocycles. The van der Waals surface area contributed by atoms with Crippen molar-refractivity contribution in [2.24, 2.45) is 0 Å². The zero-order valence-corrected chi connectivity index (χ0v) is 14.7. The molecule has 0 aliphatic rings. The van der Waals surface area contributed by atoms with Gasteiger partial charge in [0.1, 0.15) is 12.4 Å². The van der Waals surface area contributed by atoms with Gasteiger partial charge in [0.15, 0.2) is 0 Å². The van der Waals surface area contributed by atoms with E-state index in [-0.39, 0.29) is 11.3 Å². The minimum Gasteiger partial charge on any atom is -0.492 e. The summed E-state index contributed by atoms with van der Waals surface area (Å²) in [5, 5.41) is 13.8. The summed E-state index contributed by atoms with van der Waals surface area (Å²) < 4.78 is 7.58. The van der Waals surface area contributed by atoms with E-state index in [1.165, 1.54) is 6.07 Å². The summed E-state index contributed by atoms with van der Waals surface area (Å²) in [5.41, 5.74) is 1.19. The summed E-state index contributed by atoms with van der Waals surface area (Å²) in [5.74, 6) is 0.191. The Labute approximate surface area is 155 Å². The fourth-order valence-electron chi connectivity index (χ4n) is 2.50. The van der Waals surface area contributed by atoms with Crippen LogP contribution in [0, 0.1) is 17.0 Å². The van der Waals surface area contributed by atoms with Gasteiger partial charge in [-0.1, -0.05) is 12.1 Å². The van der Waals surface area contributed by atoms with E-state index in [0.717, 1.165) is 0 Å². The second kappa shape index (κ2) is 8.13. The van der Waals surface area contributed by atoms with Gasteiger partial charge in [-0.3, -0.25) is 14.9 Å². The van der Waals surface area contributed by atoms with Crippen molar-refractivity contribution >= 4 is 17.3 Å². The molecule has 1 amide bonds. The number of ether oxygens (including phenoxy) is 1. The molecule has 0 radical (unpaired) electrons. The fraction of sp³-hybridized carbons (Fsp3) is 0.158. The molecule has 138 valence electrons. The van der Waals surface area contributed by atoms with Crippen LogP contribution in [0.5, 0.6) is 5.75 Å². The van der Waals surface area contributed by atoms with Crippen LogP contribution in [0.1, 0.15) is 15.9 Å². The molecule has 0 spiro atoms. The Balaban J connectivity index is 1.64. The molecule has 1 aromatic heterocycles. The molecular weight excluding hydrogens is 348 g/mol. The third-order valence-electron chi connectivity index (χ3n) is 3.94. The molecule has 8 heteroatoms. The van der Waals surface area contributed by atoms with Crippen molar-refractivity contribution in [3.63, 3.8) is 0 Å². The van der Waals surface area contributed by atoms with Gasteiger partial charge < -0.3 is 14.6 Å². The van der Waals surface area contributed by atoms with E-state index < -0.39 is 10.8 Å². The number of nitrogens with one attached hydrogen (secondary N) is 1. The van der Waals surface area contributed by atoms with Crippen molar-refractivity contribution in [3.05, 3.63) is 82.4 Å². The van der Waals surface area contributed by atoms with E-state index in [0.29, 0.717) is 30.2 Å². The lowest BCUT2D eigenvalue weighted by molar-refractivity contribution is -0.385. The topological polar surface area (TPSA) is 99.3 Å². The number of benzene rings is 2. The van der Waals surface area contributed by atoms with Gasteiger partial charge in [-0.15, -0.1) is 0 Å². The Kier molecular flexibility index (Phi) is 5.46. The number of nitro benzene ring substituents is 1. The standard InChI is InChI=1S/C19H18N4O4/c1-14-5-6-15(11-18(14)23(25)26)19(24)21-16-3-2-4-17(12-16)27-10-9-22-8-7-20-13-22/h2-8,11-13H,9-10H2,1H3,(H,21,24). The van der Waals surface area contributed by atoms with Crippen LogP contribution in [-0.2, 0) is 6.54 Å². The zero-order valence-electron chi connectivity index (χ0n) is 14.7. The molecule has 8 nitrogen and oxygen atoms in total. The van der Waals surface area contributed by atoms with Crippen molar-refractivity contribution in [2.45, 2.75) is 13.5 Å². The SMILES string of the molecule is Cc1ccc(C(=O)Nc2cccc(OCCn3ccnc3)c2)cc1[N+](=O)[O-]. The smallest absolute Gasteiger partial charge is 0.273 e. The molecule has 0 saturated carbocycles. The van der Waals surface area contributed by atoms with Gasteiger partial charge in [-0.2, -0.15) is 0 Å². The summed E-state index contributed by atoms with van der Waals surface area (Å²) in [7, 11) is 0. The molecule has 0 saturated heterocycles. The molecule has 1 heterocycles. The third-order valence-corrected chi connectivity index (χ3v) is 3.94. The van der Waals surface area contributed by atoms with Gasteiger partial charge in [0.25, 0.3) is 11.6 Å². The highest BCUT2D eigenvalue weighted by Gasteiger charge is 2.15. The van der Waals surface area contributed by atoms with Crippen LogP contribution in [0.3, 0.4) is 0 Å². The summed E-state index contributed by atoms with van der Waals surface area (Å²) in [6.07, 6.45) is 5.26. The predicted octanol–water partition coefficient (Wildman–Crippen LogP) is 3.43. The molecule has 0 unspecified atom stereocenters. The Morgan fingerprint density at radius 3 is 2.89 bits per heavy atom. The summed E-state index contributed by atoms with van der Waals surface area (Å²) >= 11 is 0. The van der Waals surface area contributed by atoms with Gasteiger partial charge >= 0.3 is 0 Å². The predicted molar refractivity (Wildman–Crippen MR) is 100.0 cm³/mol. The van der Waals surface area contributed by atoms with Crippen molar-refractivity contribution < 1.29 is 14.5 Å². The van der Waals surface area contributed by atoms with Crippen LogP contribution in [0.15, 0.2) is 61.2 Å². The molecule has 3 aromatic rings. The first-order valence-corrected chi connectivity index (χ1v) is 8.28. The van der Waals surface area contributed by atoms with Crippen LogP contribution in [-0.4, -0.2) is 27.0 Å². The minimum atomic E-state index is -0.499. The van der Waals surface area contributed by atoms with Gasteiger partial charge in [-0.25, -0.2) is 4.98 Å². The summed E-state index contributed by atoms with van der Waals surface area (Å²) in [6.45, 7) is 2.74. The van der Waals surface area contributed by atoms with Crippen molar-refractivity contribution in [1.29, 1.82) is 0 Å². The normalized spacial score (nSPS) is 10.4. The zero-order chi connectivity index (χ0) is 19.2. The number of carbonyl (C=O) groups is 1. The molecule has 27 heavy (non-hydrogen) atoms. The van der Waals surface area contributed by atoms with Gasteiger partial charge in [0, 0.05) is 41.3 Å². The number of hydrogen-bond donors (Lipinski definition) is 1. The maximum Gasteiger partial charge on any atom is 0.273 e. The lowest BCUT2D eigenvalue weighted by Gasteiger charge is -2.10. The molecule has 3 rings (SSSR count). The largest absolute Gasteiger partial charge is 0.492 e. The first-order valence-electron chi connectivity index (χ1n) is 8.28. The molecule has 0 fully saturated rings. The molecule has 0 atom stereocenters. The molecule has 0 aliphatic heterocycles. The first-order chi connectivity index (χ1) is 13.0. The second-order valence-electron chi connectivity index (χ2n) is 5.89. The first kappa shape index (κ1) is 18.1. The number of nitro groups is 1. The van der Waals surface area contributed by atoms with Crippen LogP contribution in [0.4, 0.5) is 11.4 Å². The highest BCUT2D eigenvalue weighted by Crippen LogP contribution is 2.21. The lowest BCUT2D eigenvalue weighted by atomic mass is 10.1. The van der Waals surface area contributed by atoms with Crippen molar-refractivity contribution in [1.82, 2.24) is 9.55 Å². The minimum absolute atomic E-state index is 0.0840. The number of nitrogens with zero attached hydrogens (tertiary/aromatic N) is 3. The van der Waals surface area contributed by atoms with Crippen molar-refractivity contribution in [2.75, 3.05) is 11.9 Å². The molecular formula is C19H18N4O4. The fourth-order valence-corrected chi connectivity index (χ4v) is 2.50. The number of carbonyl (C=O) groups excluding carboxylic acids is 1. The quantitative estimate of drug-likeness (QED) is 0.510. The second-order valence-corrected chi connectivity index (χ2v) is 5.89. The van der Waals surface area contributed by atoms with Crippen molar-refractivity contribution in [3.8, 4) is 5.75 Å². The number of aryl methyl sites for hydroxylation is 1. The van der Waals surface area contributed by atoms with Crippen LogP contribution in [0.25, 0.3) is 0 Å². The van der Waals surface area contributed by atoms with Gasteiger partial charge in [-0.05, 0) is 25.1 Å². The maximum absolute atomic E-state index is 12.4. The monoisotopic (exact) mass is 366 g/mol. The van der Waals surface area contributed by atoms with E-state index in [1.54, 1.807) is 55.8 Å². The number of hydrogen-bond acceptors (Lipinski definition) is 5. The molecule has 0 bridgehead atoms. The lowest BCUT2D eigenvalue weighted by Crippen LogP contribution is -2.12. The van der Waals surface area contributed by atoms with Gasteiger partial charge in [0.2, 0.25) is 0 Å². The molecule has 1 N–H and O–H groups in total. The molecule has 0 aliphatic carbocycles. The van der Waals surface area contributed by atoms with Gasteiger partial charge in [0.05, 0.1) is 17.8 Å². The Hall–Kier alpha value is -3.68. The van der Waals surface area contributed by atoms with E-state index in [9.17, 15) is 14.9 Å². The van der Waals surface area contributed by atoms with E-state index in [2.05, 4.69) is 10.3 Å². The van der Waals surface area contributed by atoms with Crippen LogP contribution in [0.2, 0.25) is 0 Å².